The number of hydrogen-bond acceptors (Lipinski definition) is 8. The smallest absolute Gasteiger partial charge is 0.340 e. The molecule has 1 aromatic carbocycles. The number of unbranched alkanes of at least 4 members (excludes halogenated alkanes) is 1. The van der Waals surface area contributed by atoms with Gasteiger partial charge in [0.15, 0.2) is 11.0 Å². The van der Waals surface area contributed by atoms with Crippen LogP contribution in [-0.2, 0) is 16.1 Å². The van der Waals surface area contributed by atoms with E-state index in [0.29, 0.717) is 34.7 Å². The highest BCUT2D eigenvalue weighted by Crippen LogP contribution is 2.27. The fraction of sp³-hybridized carbons (Fsp3) is 0.304. The van der Waals surface area contributed by atoms with E-state index in [9.17, 15) is 9.59 Å². The van der Waals surface area contributed by atoms with Crippen molar-refractivity contribution in [2.45, 2.75) is 31.5 Å². The van der Waals surface area contributed by atoms with Crippen molar-refractivity contribution in [1.29, 1.82) is 0 Å². The summed E-state index contributed by atoms with van der Waals surface area (Å²) in [6.45, 7) is 7.14. The molecule has 0 unspecified atom stereocenters. The van der Waals surface area contributed by atoms with Gasteiger partial charge >= 0.3 is 5.97 Å². The van der Waals surface area contributed by atoms with Gasteiger partial charge in [-0.15, -0.1) is 28.1 Å². The fourth-order valence-electron chi connectivity index (χ4n) is 2.91. The van der Waals surface area contributed by atoms with Crippen LogP contribution in [0.25, 0.3) is 11.4 Å². The van der Waals surface area contributed by atoms with Crippen LogP contribution in [0.1, 0.15) is 30.1 Å². The minimum absolute atomic E-state index is 0.109. The van der Waals surface area contributed by atoms with E-state index in [1.807, 2.05) is 28.8 Å². The lowest BCUT2D eigenvalue weighted by Crippen LogP contribution is -2.16. The lowest BCUT2D eigenvalue weighted by Gasteiger charge is -2.09. The number of esters is 1. The number of thiophene rings is 1. The molecule has 3 rings (SSSR count). The molecule has 0 aliphatic rings. The summed E-state index contributed by atoms with van der Waals surface area (Å²) >= 11 is 2.53. The predicted octanol–water partition coefficient (Wildman–Crippen LogP) is 4.89. The van der Waals surface area contributed by atoms with Gasteiger partial charge in [-0.1, -0.05) is 31.2 Å². The number of carbonyl (C=O) groups excluding carboxylic acids is 2. The standard InChI is InChI=1S/C23H26N4O4S2/c1-4-6-13-31-17-9-7-16(8-10-17)20-25-26-23(27(20)12-5-2)33-15-19(28)24-21-18(11-14-32-21)22(29)30-3/h5,7-11,14H,2,4,6,12-13,15H2,1,3H3,(H,24,28). The third kappa shape index (κ3) is 6.45. The minimum atomic E-state index is -0.489. The molecule has 1 N–H and O–H groups in total. The minimum Gasteiger partial charge on any atom is -0.494 e. The van der Waals surface area contributed by atoms with Crippen LogP contribution in [0.15, 0.2) is 53.5 Å². The zero-order valence-corrected chi connectivity index (χ0v) is 20.2. The van der Waals surface area contributed by atoms with Gasteiger partial charge in [0.25, 0.3) is 0 Å². The van der Waals surface area contributed by atoms with E-state index < -0.39 is 5.97 Å². The molecule has 1 amide bonds. The Bertz CT molecular complexity index is 1090. The number of methoxy groups -OCH3 is 1. The number of allylic oxidation sites excluding steroid dienone is 1. The monoisotopic (exact) mass is 486 g/mol. The van der Waals surface area contributed by atoms with Crippen molar-refractivity contribution in [3.8, 4) is 17.1 Å². The summed E-state index contributed by atoms with van der Waals surface area (Å²) in [4.78, 5) is 24.3. The average molecular weight is 487 g/mol. The second-order valence-electron chi connectivity index (χ2n) is 6.92. The number of carbonyl (C=O) groups is 2. The molecule has 174 valence electrons. The van der Waals surface area contributed by atoms with E-state index in [1.54, 1.807) is 17.5 Å². The fourth-order valence-corrected chi connectivity index (χ4v) is 4.45. The predicted molar refractivity (Wildman–Crippen MR) is 131 cm³/mol. The molecule has 10 heteroatoms. The lowest BCUT2D eigenvalue weighted by atomic mass is 10.2. The van der Waals surface area contributed by atoms with Gasteiger partial charge in [-0.3, -0.25) is 9.36 Å². The number of anilines is 1. The second-order valence-corrected chi connectivity index (χ2v) is 8.78. The lowest BCUT2D eigenvalue weighted by molar-refractivity contribution is -0.113. The van der Waals surface area contributed by atoms with E-state index >= 15 is 0 Å². The number of rotatable bonds is 12. The van der Waals surface area contributed by atoms with Gasteiger partial charge in [0, 0.05) is 12.1 Å². The summed E-state index contributed by atoms with van der Waals surface area (Å²) in [6, 6.07) is 9.33. The zero-order valence-electron chi connectivity index (χ0n) is 18.6. The van der Waals surface area contributed by atoms with E-state index in [1.165, 1.54) is 30.2 Å². The summed E-state index contributed by atoms with van der Waals surface area (Å²) in [6.07, 6.45) is 3.86. The number of thioether (sulfide) groups is 1. The van der Waals surface area contributed by atoms with Crippen LogP contribution in [0, 0.1) is 0 Å². The van der Waals surface area contributed by atoms with Crippen LogP contribution < -0.4 is 10.1 Å². The van der Waals surface area contributed by atoms with Crippen molar-refractivity contribution in [3.05, 3.63) is 53.9 Å². The molecular weight excluding hydrogens is 460 g/mol. The molecule has 0 fully saturated rings. The molecule has 2 aromatic heterocycles. The molecular formula is C23H26N4O4S2. The molecule has 0 atom stereocenters. The van der Waals surface area contributed by atoms with E-state index in [2.05, 4.69) is 29.0 Å². The van der Waals surface area contributed by atoms with Gasteiger partial charge < -0.3 is 14.8 Å². The van der Waals surface area contributed by atoms with Gasteiger partial charge in [-0.2, -0.15) is 0 Å². The molecule has 0 aliphatic heterocycles. The molecule has 0 radical (unpaired) electrons. The maximum absolute atomic E-state index is 12.5. The van der Waals surface area contributed by atoms with Gasteiger partial charge in [-0.25, -0.2) is 4.79 Å². The molecule has 3 aromatic rings. The van der Waals surface area contributed by atoms with E-state index in [-0.39, 0.29) is 11.7 Å². The van der Waals surface area contributed by atoms with Gasteiger partial charge in [-0.05, 0) is 42.1 Å². The van der Waals surface area contributed by atoms with Crippen molar-refractivity contribution in [1.82, 2.24) is 14.8 Å². The number of ether oxygens (including phenoxy) is 2. The van der Waals surface area contributed by atoms with Crippen molar-refractivity contribution >= 4 is 40.0 Å². The van der Waals surface area contributed by atoms with Crippen molar-refractivity contribution in [3.63, 3.8) is 0 Å². The van der Waals surface area contributed by atoms with Crippen LogP contribution in [0.3, 0.4) is 0 Å². The number of hydrogen-bond donors (Lipinski definition) is 1. The highest BCUT2D eigenvalue weighted by Gasteiger charge is 2.18. The highest BCUT2D eigenvalue weighted by atomic mass is 32.2. The van der Waals surface area contributed by atoms with Crippen LogP contribution >= 0.6 is 23.1 Å². The summed E-state index contributed by atoms with van der Waals surface area (Å²) in [5, 5.41) is 14.1. The van der Waals surface area contributed by atoms with E-state index in [4.69, 9.17) is 9.47 Å². The first kappa shape index (κ1) is 24.5. The van der Waals surface area contributed by atoms with Crippen LogP contribution in [0.4, 0.5) is 5.00 Å². The maximum Gasteiger partial charge on any atom is 0.340 e. The van der Waals surface area contributed by atoms with Gasteiger partial charge in [0.1, 0.15) is 10.8 Å². The number of aromatic nitrogens is 3. The summed E-state index contributed by atoms with van der Waals surface area (Å²) in [5.74, 6) is 0.863. The van der Waals surface area contributed by atoms with Crippen LogP contribution in [0.5, 0.6) is 5.75 Å². The third-order valence-corrected chi connectivity index (χ3v) is 6.36. The first-order valence-electron chi connectivity index (χ1n) is 10.4. The Morgan fingerprint density at radius 3 is 2.73 bits per heavy atom. The molecule has 0 saturated carbocycles. The Balaban J connectivity index is 1.67. The molecule has 0 aliphatic carbocycles. The summed E-state index contributed by atoms with van der Waals surface area (Å²) in [5.41, 5.74) is 1.23. The Labute approximate surface area is 201 Å². The topological polar surface area (TPSA) is 95.3 Å². The largest absolute Gasteiger partial charge is 0.494 e. The zero-order chi connectivity index (χ0) is 23.6. The SMILES string of the molecule is C=CCn1c(SCC(=O)Nc2sccc2C(=O)OC)nnc1-c1ccc(OCCCC)cc1. The maximum atomic E-state index is 12.5. The van der Waals surface area contributed by atoms with Crippen LogP contribution in [0.2, 0.25) is 0 Å². The highest BCUT2D eigenvalue weighted by molar-refractivity contribution is 7.99. The van der Waals surface area contributed by atoms with Crippen LogP contribution in [-0.4, -0.2) is 46.1 Å². The third-order valence-electron chi connectivity index (χ3n) is 4.56. The number of benzene rings is 1. The Kier molecular flexibility index (Phi) is 9.08. The second kappa shape index (κ2) is 12.2. The molecule has 0 spiro atoms. The van der Waals surface area contributed by atoms with Crippen molar-refractivity contribution in [2.75, 3.05) is 24.8 Å². The molecule has 2 heterocycles. The summed E-state index contributed by atoms with van der Waals surface area (Å²) in [7, 11) is 1.30. The number of amides is 1. The Morgan fingerprint density at radius 2 is 2.03 bits per heavy atom. The normalized spacial score (nSPS) is 10.6. The number of nitrogens with one attached hydrogen (secondary N) is 1. The quantitative estimate of drug-likeness (QED) is 0.169. The van der Waals surface area contributed by atoms with Gasteiger partial charge in [0.2, 0.25) is 5.91 Å². The Hall–Kier alpha value is -3.11. The summed E-state index contributed by atoms with van der Waals surface area (Å²) < 4.78 is 12.4. The molecule has 8 nitrogen and oxygen atoms in total. The number of nitrogens with zero attached hydrogens (tertiary/aromatic N) is 3. The molecule has 0 saturated heterocycles. The average Bonchev–Trinajstić information content (AvgIpc) is 3.45. The van der Waals surface area contributed by atoms with Gasteiger partial charge in [0.05, 0.1) is 25.0 Å². The molecule has 0 bridgehead atoms. The molecule has 33 heavy (non-hydrogen) atoms. The van der Waals surface area contributed by atoms with E-state index in [0.717, 1.165) is 24.2 Å². The van der Waals surface area contributed by atoms with Crippen molar-refractivity contribution < 1.29 is 19.1 Å². The Morgan fingerprint density at radius 1 is 1.24 bits per heavy atom. The first-order valence-corrected chi connectivity index (χ1v) is 12.3. The first-order chi connectivity index (χ1) is 16.1. The van der Waals surface area contributed by atoms with Crippen molar-refractivity contribution in [2.24, 2.45) is 0 Å².